The molecule has 0 saturated carbocycles. The van der Waals surface area contributed by atoms with Crippen molar-refractivity contribution in [2.75, 3.05) is 39.5 Å². The third-order valence-electron chi connectivity index (χ3n) is 3.92. The van der Waals surface area contributed by atoms with Gasteiger partial charge in [-0.3, -0.25) is 4.90 Å². The van der Waals surface area contributed by atoms with Gasteiger partial charge in [-0.25, -0.2) is 4.98 Å². The Bertz CT molecular complexity index is 667. The molecule has 0 aliphatic carbocycles. The van der Waals surface area contributed by atoms with Gasteiger partial charge in [0, 0.05) is 30.6 Å². The molecule has 0 spiro atoms. The van der Waals surface area contributed by atoms with Crippen molar-refractivity contribution in [2.24, 2.45) is 0 Å². The molecule has 3 rings (SSSR count). The molecule has 25 heavy (non-hydrogen) atoms. The predicted octanol–water partition coefficient (Wildman–Crippen LogP) is 3.68. The SMILES string of the molecule is FC(F)(F)c1ccc(-c2nc(COCCN3CCOCC3)cs2)cc1. The van der Waals surface area contributed by atoms with Crippen LogP contribution in [-0.2, 0) is 22.3 Å². The van der Waals surface area contributed by atoms with E-state index in [0.29, 0.717) is 23.8 Å². The van der Waals surface area contributed by atoms with Crippen LogP contribution in [0.15, 0.2) is 29.6 Å². The normalized spacial score (nSPS) is 16.3. The summed E-state index contributed by atoms with van der Waals surface area (Å²) in [5, 5.41) is 2.57. The van der Waals surface area contributed by atoms with Gasteiger partial charge in [0.2, 0.25) is 0 Å². The monoisotopic (exact) mass is 372 g/mol. The van der Waals surface area contributed by atoms with Crippen molar-refractivity contribution in [1.29, 1.82) is 0 Å². The van der Waals surface area contributed by atoms with Crippen molar-refractivity contribution >= 4 is 11.3 Å². The molecule has 1 aliphatic rings. The quantitative estimate of drug-likeness (QED) is 0.725. The molecule has 1 saturated heterocycles. The lowest BCUT2D eigenvalue weighted by Crippen LogP contribution is -2.38. The van der Waals surface area contributed by atoms with E-state index in [1.54, 1.807) is 0 Å². The number of aromatic nitrogens is 1. The number of hydrogen-bond donors (Lipinski definition) is 0. The fourth-order valence-corrected chi connectivity index (χ4v) is 3.31. The molecule has 0 unspecified atom stereocenters. The van der Waals surface area contributed by atoms with E-state index >= 15 is 0 Å². The smallest absolute Gasteiger partial charge is 0.379 e. The van der Waals surface area contributed by atoms with Crippen LogP contribution >= 0.6 is 11.3 Å². The summed E-state index contributed by atoms with van der Waals surface area (Å²) in [6.07, 6.45) is -4.32. The summed E-state index contributed by atoms with van der Waals surface area (Å²) in [5.41, 5.74) is 0.818. The Morgan fingerprint density at radius 1 is 1.16 bits per heavy atom. The molecular formula is C17H19F3N2O2S. The molecule has 1 aromatic carbocycles. The highest BCUT2D eigenvalue weighted by Crippen LogP contribution is 2.31. The number of halogens is 3. The van der Waals surface area contributed by atoms with Gasteiger partial charge in [-0.05, 0) is 12.1 Å². The van der Waals surface area contributed by atoms with Crippen LogP contribution < -0.4 is 0 Å². The molecular weight excluding hydrogens is 353 g/mol. The van der Waals surface area contributed by atoms with E-state index in [0.717, 1.165) is 50.7 Å². The summed E-state index contributed by atoms with van der Waals surface area (Å²) >= 11 is 1.40. The van der Waals surface area contributed by atoms with Crippen LogP contribution in [0, 0.1) is 0 Å². The number of rotatable bonds is 6. The Balaban J connectivity index is 1.48. The highest BCUT2D eigenvalue weighted by Gasteiger charge is 2.30. The molecule has 1 aliphatic heterocycles. The Morgan fingerprint density at radius 2 is 1.88 bits per heavy atom. The number of benzene rings is 1. The molecule has 2 aromatic rings. The van der Waals surface area contributed by atoms with Crippen LogP contribution in [0.2, 0.25) is 0 Å². The summed E-state index contributed by atoms with van der Waals surface area (Å²) in [7, 11) is 0. The lowest BCUT2D eigenvalue weighted by Gasteiger charge is -2.26. The number of alkyl halides is 3. The summed E-state index contributed by atoms with van der Waals surface area (Å²) in [6, 6.07) is 5.06. The van der Waals surface area contributed by atoms with Gasteiger partial charge in [0.05, 0.1) is 37.7 Å². The molecule has 8 heteroatoms. The second-order valence-corrected chi connectivity index (χ2v) is 6.58. The number of hydrogen-bond acceptors (Lipinski definition) is 5. The third kappa shape index (κ3) is 5.24. The number of morpholine rings is 1. The molecule has 2 heterocycles. The fraction of sp³-hybridized carbons (Fsp3) is 0.471. The predicted molar refractivity (Wildman–Crippen MR) is 89.5 cm³/mol. The number of nitrogens with zero attached hydrogens (tertiary/aromatic N) is 2. The largest absolute Gasteiger partial charge is 0.416 e. The Kier molecular flexibility index (Phi) is 6.06. The van der Waals surface area contributed by atoms with E-state index in [1.165, 1.54) is 23.5 Å². The maximum atomic E-state index is 12.6. The first-order valence-corrected chi connectivity index (χ1v) is 8.90. The van der Waals surface area contributed by atoms with E-state index in [4.69, 9.17) is 9.47 Å². The van der Waals surface area contributed by atoms with Gasteiger partial charge in [-0.2, -0.15) is 13.2 Å². The molecule has 0 N–H and O–H groups in total. The molecule has 1 aromatic heterocycles. The Hall–Kier alpha value is -1.48. The molecule has 0 radical (unpaired) electrons. The van der Waals surface area contributed by atoms with Crippen LogP contribution in [0.3, 0.4) is 0 Å². The minimum Gasteiger partial charge on any atom is -0.379 e. The first kappa shape index (κ1) is 18.3. The second-order valence-electron chi connectivity index (χ2n) is 5.73. The molecule has 0 atom stereocenters. The van der Waals surface area contributed by atoms with Crippen molar-refractivity contribution in [2.45, 2.75) is 12.8 Å². The van der Waals surface area contributed by atoms with E-state index in [9.17, 15) is 13.2 Å². The van der Waals surface area contributed by atoms with E-state index in [2.05, 4.69) is 9.88 Å². The Morgan fingerprint density at radius 3 is 2.56 bits per heavy atom. The van der Waals surface area contributed by atoms with Gasteiger partial charge in [-0.15, -0.1) is 11.3 Å². The van der Waals surface area contributed by atoms with Gasteiger partial charge >= 0.3 is 6.18 Å². The maximum absolute atomic E-state index is 12.6. The molecule has 136 valence electrons. The standard InChI is InChI=1S/C17H19F3N2O2S/c18-17(19,20)14-3-1-13(2-4-14)16-21-15(12-25-16)11-24-10-7-22-5-8-23-9-6-22/h1-4,12H,5-11H2. The van der Waals surface area contributed by atoms with Crippen LogP contribution in [-0.4, -0.2) is 49.3 Å². The minimum atomic E-state index is -4.32. The molecule has 1 fully saturated rings. The van der Waals surface area contributed by atoms with Crippen molar-refractivity contribution in [3.8, 4) is 10.6 Å². The lowest BCUT2D eigenvalue weighted by atomic mass is 10.1. The van der Waals surface area contributed by atoms with Crippen LogP contribution in [0.5, 0.6) is 0 Å². The van der Waals surface area contributed by atoms with Crippen LogP contribution in [0.1, 0.15) is 11.3 Å². The highest BCUT2D eigenvalue weighted by atomic mass is 32.1. The average Bonchev–Trinajstić information content (AvgIpc) is 3.08. The van der Waals surface area contributed by atoms with E-state index in [-0.39, 0.29) is 0 Å². The fourth-order valence-electron chi connectivity index (χ4n) is 2.50. The van der Waals surface area contributed by atoms with Crippen molar-refractivity contribution in [1.82, 2.24) is 9.88 Å². The van der Waals surface area contributed by atoms with E-state index < -0.39 is 11.7 Å². The number of thiazole rings is 1. The zero-order chi connectivity index (χ0) is 17.7. The minimum absolute atomic E-state index is 0.404. The van der Waals surface area contributed by atoms with Crippen molar-refractivity contribution in [3.63, 3.8) is 0 Å². The zero-order valence-corrected chi connectivity index (χ0v) is 14.4. The summed E-state index contributed by atoms with van der Waals surface area (Å²) < 4.78 is 48.7. The zero-order valence-electron chi connectivity index (χ0n) is 13.6. The topological polar surface area (TPSA) is 34.6 Å². The van der Waals surface area contributed by atoms with Crippen molar-refractivity contribution < 1.29 is 22.6 Å². The van der Waals surface area contributed by atoms with Crippen molar-refractivity contribution in [3.05, 3.63) is 40.9 Å². The van der Waals surface area contributed by atoms with Crippen LogP contribution in [0.25, 0.3) is 10.6 Å². The maximum Gasteiger partial charge on any atom is 0.416 e. The molecule has 4 nitrogen and oxygen atoms in total. The van der Waals surface area contributed by atoms with Crippen LogP contribution in [0.4, 0.5) is 13.2 Å². The Labute approximate surface area is 148 Å². The van der Waals surface area contributed by atoms with Gasteiger partial charge in [0.15, 0.2) is 0 Å². The number of ether oxygens (including phenoxy) is 2. The van der Waals surface area contributed by atoms with Gasteiger partial charge < -0.3 is 9.47 Å². The van der Waals surface area contributed by atoms with E-state index in [1.807, 2.05) is 5.38 Å². The van der Waals surface area contributed by atoms with Gasteiger partial charge in [0.1, 0.15) is 5.01 Å². The second kappa shape index (κ2) is 8.27. The third-order valence-corrected chi connectivity index (χ3v) is 4.86. The highest BCUT2D eigenvalue weighted by molar-refractivity contribution is 7.13. The molecule has 0 bridgehead atoms. The molecule has 0 amide bonds. The summed E-state index contributed by atoms with van der Waals surface area (Å²) in [5.74, 6) is 0. The van der Waals surface area contributed by atoms with Gasteiger partial charge in [0.25, 0.3) is 0 Å². The average molecular weight is 372 g/mol. The van der Waals surface area contributed by atoms with Gasteiger partial charge in [-0.1, -0.05) is 12.1 Å². The summed E-state index contributed by atoms with van der Waals surface area (Å²) in [4.78, 5) is 6.73. The lowest BCUT2D eigenvalue weighted by molar-refractivity contribution is -0.137. The summed E-state index contributed by atoms with van der Waals surface area (Å²) in [6.45, 7) is 5.27. The first-order valence-electron chi connectivity index (χ1n) is 8.02. The first-order chi connectivity index (χ1) is 12.0.